The van der Waals surface area contributed by atoms with E-state index in [1.54, 1.807) is 16.8 Å². The van der Waals surface area contributed by atoms with E-state index in [1.807, 2.05) is 57.2 Å². The molecule has 3 aromatic rings. The van der Waals surface area contributed by atoms with Crippen LogP contribution < -0.4 is 10.1 Å². The average Bonchev–Trinajstić information content (AvgIpc) is 3.07. The Morgan fingerprint density at radius 1 is 1.22 bits per heavy atom. The highest BCUT2D eigenvalue weighted by atomic mass is 16.5. The molecule has 1 aliphatic rings. The summed E-state index contributed by atoms with van der Waals surface area (Å²) in [6, 6.07) is 15.0. The molecule has 1 amide bonds. The predicted octanol–water partition coefficient (Wildman–Crippen LogP) is 3.00. The molecule has 0 aliphatic carbocycles. The second kappa shape index (κ2) is 6.50. The molecule has 4 rings (SSSR count). The van der Waals surface area contributed by atoms with Gasteiger partial charge in [-0.2, -0.15) is 4.68 Å². The molecule has 0 radical (unpaired) electrons. The monoisotopic (exact) mass is 363 g/mol. The molecule has 27 heavy (non-hydrogen) atoms. The van der Waals surface area contributed by atoms with Gasteiger partial charge in [-0.3, -0.25) is 4.79 Å². The molecule has 0 spiro atoms. The number of fused-ring (bicyclic) bond motifs is 1. The van der Waals surface area contributed by atoms with Crippen molar-refractivity contribution in [2.45, 2.75) is 38.8 Å². The van der Waals surface area contributed by atoms with Gasteiger partial charge < -0.3 is 10.1 Å². The van der Waals surface area contributed by atoms with E-state index < -0.39 is 0 Å². The van der Waals surface area contributed by atoms with Crippen molar-refractivity contribution in [2.24, 2.45) is 0 Å². The van der Waals surface area contributed by atoms with Gasteiger partial charge in [0.2, 0.25) is 0 Å². The third-order valence-corrected chi connectivity index (χ3v) is 4.66. The lowest BCUT2D eigenvalue weighted by Crippen LogP contribution is -2.41. The van der Waals surface area contributed by atoms with E-state index in [2.05, 4.69) is 20.8 Å². The third-order valence-electron chi connectivity index (χ3n) is 4.66. The Bertz CT molecular complexity index is 995. The Morgan fingerprint density at radius 3 is 2.81 bits per heavy atom. The Labute approximate surface area is 157 Å². The molecule has 1 unspecified atom stereocenters. The van der Waals surface area contributed by atoms with E-state index in [0.717, 1.165) is 17.0 Å². The van der Waals surface area contributed by atoms with E-state index in [0.29, 0.717) is 17.8 Å². The molecule has 2 aromatic carbocycles. The maximum absolute atomic E-state index is 12.9. The fourth-order valence-electron chi connectivity index (χ4n) is 3.42. The lowest BCUT2D eigenvalue weighted by Gasteiger charge is -2.37. The molecule has 0 bridgehead atoms. The van der Waals surface area contributed by atoms with Crippen molar-refractivity contribution in [1.82, 2.24) is 25.5 Å². The maximum Gasteiger partial charge on any atom is 0.251 e. The number of amides is 1. The van der Waals surface area contributed by atoms with Gasteiger partial charge in [0.1, 0.15) is 11.4 Å². The van der Waals surface area contributed by atoms with Crippen LogP contribution in [0.5, 0.6) is 5.75 Å². The summed E-state index contributed by atoms with van der Waals surface area (Å²) in [7, 11) is 0. The van der Waals surface area contributed by atoms with Gasteiger partial charge in [0.15, 0.2) is 5.82 Å². The van der Waals surface area contributed by atoms with Gasteiger partial charge in [-0.1, -0.05) is 24.3 Å². The fraction of sp³-hybridized carbons (Fsp3) is 0.300. The van der Waals surface area contributed by atoms with Crippen molar-refractivity contribution >= 4 is 5.91 Å². The summed E-state index contributed by atoms with van der Waals surface area (Å²) in [6.07, 6.45) is 0.696. The van der Waals surface area contributed by atoms with E-state index in [4.69, 9.17) is 4.74 Å². The van der Waals surface area contributed by atoms with Gasteiger partial charge in [-0.25, -0.2) is 0 Å². The van der Waals surface area contributed by atoms with Crippen molar-refractivity contribution in [3.8, 4) is 11.4 Å². The number of para-hydroxylation sites is 1. The topological polar surface area (TPSA) is 81.9 Å². The number of carbonyl (C=O) groups excluding carboxylic acids is 1. The highest BCUT2D eigenvalue weighted by molar-refractivity contribution is 5.95. The summed E-state index contributed by atoms with van der Waals surface area (Å²) in [6.45, 7) is 5.88. The van der Waals surface area contributed by atoms with Crippen LogP contribution in [-0.2, 0) is 0 Å². The van der Waals surface area contributed by atoms with Crippen LogP contribution in [-0.4, -0.2) is 31.7 Å². The normalized spacial score (nSPS) is 17.7. The molecular formula is C20H21N5O2. The maximum atomic E-state index is 12.9. The highest BCUT2D eigenvalue weighted by Gasteiger charge is 2.34. The van der Waals surface area contributed by atoms with Gasteiger partial charge in [0.25, 0.3) is 5.91 Å². The van der Waals surface area contributed by atoms with Crippen LogP contribution in [0.15, 0.2) is 48.5 Å². The quantitative estimate of drug-likeness (QED) is 0.773. The van der Waals surface area contributed by atoms with Gasteiger partial charge in [0, 0.05) is 17.5 Å². The van der Waals surface area contributed by atoms with Crippen LogP contribution in [0, 0.1) is 6.92 Å². The number of aryl methyl sites for hydroxylation is 1. The predicted molar refractivity (Wildman–Crippen MR) is 99.9 cm³/mol. The lowest BCUT2D eigenvalue weighted by molar-refractivity contribution is 0.0619. The van der Waals surface area contributed by atoms with Gasteiger partial charge in [-0.15, -0.1) is 5.10 Å². The first-order valence-corrected chi connectivity index (χ1v) is 8.87. The number of benzene rings is 2. The smallest absolute Gasteiger partial charge is 0.251 e. The molecule has 1 atom stereocenters. The first-order chi connectivity index (χ1) is 12.9. The zero-order chi connectivity index (χ0) is 19.0. The number of hydrogen-bond donors (Lipinski definition) is 1. The summed E-state index contributed by atoms with van der Waals surface area (Å²) >= 11 is 0. The third kappa shape index (κ3) is 3.40. The molecule has 1 aromatic heterocycles. The number of ether oxygens (including phenoxy) is 1. The van der Waals surface area contributed by atoms with E-state index in [1.165, 1.54) is 0 Å². The molecule has 0 fully saturated rings. The van der Waals surface area contributed by atoms with E-state index >= 15 is 0 Å². The summed E-state index contributed by atoms with van der Waals surface area (Å²) in [4.78, 5) is 12.9. The van der Waals surface area contributed by atoms with E-state index in [-0.39, 0.29) is 17.6 Å². The number of aromatic nitrogens is 4. The highest BCUT2D eigenvalue weighted by Crippen LogP contribution is 2.39. The minimum atomic E-state index is -0.350. The molecule has 1 aliphatic heterocycles. The van der Waals surface area contributed by atoms with Crippen LogP contribution in [0.25, 0.3) is 5.69 Å². The minimum Gasteiger partial charge on any atom is -0.487 e. The van der Waals surface area contributed by atoms with Crippen LogP contribution in [0.2, 0.25) is 0 Å². The average molecular weight is 363 g/mol. The first-order valence-electron chi connectivity index (χ1n) is 8.87. The van der Waals surface area contributed by atoms with E-state index in [9.17, 15) is 4.79 Å². The van der Waals surface area contributed by atoms with Crippen molar-refractivity contribution in [3.05, 3.63) is 65.5 Å². The number of rotatable bonds is 3. The minimum absolute atomic E-state index is 0.115. The van der Waals surface area contributed by atoms with Crippen molar-refractivity contribution in [1.29, 1.82) is 0 Å². The zero-order valence-electron chi connectivity index (χ0n) is 15.5. The Balaban J connectivity index is 1.61. The van der Waals surface area contributed by atoms with Gasteiger partial charge in [0.05, 0.1) is 11.7 Å². The second-order valence-electron chi connectivity index (χ2n) is 7.32. The molecule has 1 N–H and O–H groups in total. The SMILES string of the molecule is Cc1nnnn1-c1cccc(C(=O)NC2CC(C)(C)Oc3ccccc32)c1. The van der Waals surface area contributed by atoms with Crippen LogP contribution in [0.1, 0.15) is 48.1 Å². The number of tetrazole rings is 1. The summed E-state index contributed by atoms with van der Waals surface area (Å²) < 4.78 is 7.64. The summed E-state index contributed by atoms with van der Waals surface area (Å²) in [5.41, 5.74) is 1.96. The molecule has 0 saturated carbocycles. The van der Waals surface area contributed by atoms with Crippen LogP contribution in [0.3, 0.4) is 0 Å². The summed E-state index contributed by atoms with van der Waals surface area (Å²) in [5, 5.41) is 14.7. The van der Waals surface area contributed by atoms with Crippen LogP contribution in [0.4, 0.5) is 0 Å². The first kappa shape index (κ1) is 17.2. The summed E-state index contributed by atoms with van der Waals surface area (Å²) in [5.74, 6) is 1.34. The lowest BCUT2D eigenvalue weighted by atomic mass is 9.89. The van der Waals surface area contributed by atoms with Crippen LogP contribution >= 0.6 is 0 Å². The van der Waals surface area contributed by atoms with Crippen molar-refractivity contribution in [2.75, 3.05) is 0 Å². The molecule has 7 nitrogen and oxygen atoms in total. The Kier molecular flexibility index (Phi) is 4.14. The molecule has 0 saturated heterocycles. The number of hydrogen-bond acceptors (Lipinski definition) is 5. The standard InChI is InChI=1S/C20H21N5O2/c1-13-22-23-24-25(13)15-8-6-7-14(11-15)19(26)21-17-12-20(2,3)27-18-10-5-4-9-16(17)18/h4-11,17H,12H2,1-3H3,(H,21,26). The zero-order valence-corrected chi connectivity index (χ0v) is 15.5. The van der Waals surface area contributed by atoms with Crippen molar-refractivity contribution < 1.29 is 9.53 Å². The van der Waals surface area contributed by atoms with Gasteiger partial charge in [-0.05, 0) is 55.5 Å². The Hall–Kier alpha value is -3.22. The largest absolute Gasteiger partial charge is 0.487 e. The molecular weight excluding hydrogens is 342 g/mol. The molecule has 2 heterocycles. The molecule has 7 heteroatoms. The Morgan fingerprint density at radius 2 is 2.04 bits per heavy atom. The molecule has 138 valence electrons. The van der Waals surface area contributed by atoms with Crippen molar-refractivity contribution in [3.63, 3.8) is 0 Å². The number of carbonyl (C=O) groups is 1. The second-order valence-corrected chi connectivity index (χ2v) is 7.32. The number of nitrogens with zero attached hydrogens (tertiary/aromatic N) is 4. The van der Waals surface area contributed by atoms with Gasteiger partial charge >= 0.3 is 0 Å². The fourth-order valence-corrected chi connectivity index (χ4v) is 3.42. The number of nitrogens with one attached hydrogen (secondary N) is 1.